The summed E-state index contributed by atoms with van der Waals surface area (Å²) in [5.74, 6) is 0.181. The maximum absolute atomic E-state index is 9.99. The van der Waals surface area contributed by atoms with Gasteiger partial charge < -0.3 is 10.2 Å². The van der Waals surface area contributed by atoms with Crippen molar-refractivity contribution in [3.8, 4) is 0 Å². The van der Waals surface area contributed by atoms with Crippen LogP contribution in [-0.2, 0) is 0 Å². The van der Waals surface area contributed by atoms with Crippen LogP contribution in [0.1, 0.15) is 43.2 Å². The molecule has 0 saturated heterocycles. The quantitative estimate of drug-likeness (QED) is 0.813. The molecule has 0 radical (unpaired) electrons. The van der Waals surface area contributed by atoms with E-state index < -0.39 is 12.2 Å². The number of thiophene rings is 1. The third-order valence-electron chi connectivity index (χ3n) is 2.95. The average Bonchev–Trinajstić information content (AvgIpc) is 2.65. The molecule has 0 aromatic carbocycles. The summed E-state index contributed by atoms with van der Waals surface area (Å²) in [6.07, 6.45) is 0.421. The van der Waals surface area contributed by atoms with Crippen LogP contribution in [0.15, 0.2) is 11.4 Å². The molecule has 0 aliphatic heterocycles. The van der Waals surface area contributed by atoms with Crippen LogP contribution in [0.4, 0.5) is 0 Å². The van der Waals surface area contributed by atoms with Crippen LogP contribution in [0, 0.1) is 12.8 Å². The summed E-state index contributed by atoms with van der Waals surface area (Å²) >= 11 is 1.61. The van der Waals surface area contributed by atoms with E-state index in [-0.39, 0.29) is 5.92 Å². The van der Waals surface area contributed by atoms with Gasteiger partial charge in [-0.25, -0.2) is 0 Å². The fourth-order valence-electron chi connectivity index (χ4n) is 1.85. The van der Waals surface area contributed by atoms with Crippen molar-refractivity contribution in [1.29, 1.82) is 0 Å². The number of aliphatic hydroxyl groups excluding tert-OH is 2. The summed E-state index contributed by atoms with van der Waals surface area (Å²) in [6.45, 7) is 6.09. The molecule has 1 aromatic rings. The molecule has 2 N–H and O–H groups in total. The molecule has 1 aromatic heterocycles. The first kappa shape index (κ1) is 12.7. The number of aliphatic hydroxyl groups is 2. The molecular formula is C12H20O2S. The molecule has 86 valence electrons. The minimum Gasteiger partial charge on any atom is -0.390 e. The van der Waals surface area contributed by atoms with Crippen LogP contribution in [-0.4, -0.2) is 16.3 Å². The normalized spacial score (nSPS) is 15.6. The summed E-state index contributed by atoms with van der Waals surface area (Å²) in [4.78, 5) is 1.17. The molecule has 0 saturated carbocycles. The van der Waals surface area contributed by atoms with Gasteiger partial charge in [0.15, 0.2) is 0 Å². The SMILES string of the molecule is CCC(CC)C(O)C(O)c1csc(C)c1. The highest BCUT2D eigenvalue weighted by Gasteiger charge is 2.25. The Bertz CT molecular complexity index is 292. The van der Waals surface area contributed by atoms with E-state index in [9.17, 15) is 10.2 Å². The van der Waals surface area contributed by atoms with Gasteiger partial charge in [-0.3, -0.25) is 0 Å². The second-order valence-corrected chi connectivity index (χ2v) is 5.12. The zero-order chi connectivity index (χ0) is 11.4. The van der Waals surface area contributed by atoms with Gasteiger partial charge in [-0.1, -0.05) is 26.7 Å². The minimum atomic E-state index is -0.736. The molecule has 15 heavy (non-hydrogen) atoms. The Hall–Kier alpha value is -0.380. The van der Waals surface area contributed by atoms with Gasteiger partial charge in [-0.15, -0.1) is 11.3 Å². The largest absolute Gasteiger partial charge is 0.390 e. The maximum atomic E-state index is 9.99. The van der Waals surface area contributed by atoms with Crippen molar-refractivity contribution in [1.82, 2.24) is 0 Å². The molecule has 3 heteroatoms. The average molecular weight is 228 g/mol. The highest BCUT2D eigenvalue weighted by atomic mass is 32.1. The lowest BCUT2D eigenvalue weighted by atomic mass is 9.90. The van der Waals surface area contributed by atoms with Crippen molar-refractivity contribution < 1.29 is 10.2 Å². The van der Waals surface area contributed by atoms with Crippen LogP contribution in [0.2, 0.25) is 0 Å². The van der Waals surface area contributed by atoms with Gasteiger partial charge >= 0.3 is 0 Å². The predicted molar refractivity (Wildman–Crippen MR) is 64.1 cm³/mol. The van der Waals surface area contributed by atoms with Crippen molar-refractivity contribution in [2.24, 2.45) is 5.92 Å². The number of rotatable bonds is 5. The van der Waals surface area contributed by atoms with Crippen molar-refractivity contribution in [2.45, 2.75) is 45.8 Å². The second-order valence-electron chi connectivity index (χ2n) is 4.00. The van der Waals surface area contributed by atoms with Crippen molar-refractivity contribution in [3.05, 3.63) is 21.9 Å². The van der Waals surface area contributed by atoms with Crippen LogP contribution < -0.4 is 0 Å². The Labute approximate surface area is 95.6 Å². The van der Waals surface area contributed by atoms with E-state index in [2.05, 4.69) is 0 Å². The van der Waals surface area contributed by atoms with Crippen LogP contribution in [0.25, 0.3) is 0 Å². The van der Waals surface area contributed by atoms with Gasteiger partial charge in [0.1, 0.15) is 6.10 Å². The van der Waals surface area contributed by atoms with Crippen molar-refractivity contribution in [2.75, 3.05) is 0 Å². The van der Waals surface area contributed by atoms with Gasteiger partial charge in [0.2, 0.25) is 0 Å². The van der Waals surface area contributed by atoms with E-state index in [0.717, 1.165) is 18.4 Å². The molecule has 0 aliphatic carbocycles. The smallest absolute Gasteiger partial charge is 0.106 e. The Morgan fingerprint density at radius 1 is 1.27 bits per heavy atom. The molecule has 0 aliphatic rings. The first-order chi connectivity index (χ1) is 7.10. The van der Waals surface area contributed by atoms with E-state index in [1.807, 2.05) is 32.2 Å². The number of hydrogen-bond donors (Lipinski definition) is 2. The molecule has 1 rings (SSSR count). The maximum Gasteiger partial charge on any atom is 0.106 e. The second kappa shape index (κ2) is 5.64. The molecule has 2 atom stereocenters. The lowest BCUT2D eigenvalue weighted by Crippen LogP contribution is -2.26. The standard InChI is InChI=1S/C12H20O2S/c1-4-9(5-2)11(13)12(14)10-6-8(3)15-7-10/h6-7,9,11-14H,4-5H2,1-3H3. The third kappa shape index (κ3) is 3.03. The predicted octanol–water partition coefficient (Wildman–Crippen LogP) is 2.89. The zero-order valence-corrected chi connectivity index (χ0v) is 10.4. The van der Waals surface area contributed by atoms with Crippen LogP contribution in [0.3, 0.4) is 0 Å². The Kier molecular flexibility index (Phi) is 4.77. The monoisotopic (exact) mass is 228 g/mol. The first-order valence-corrected chi connectivity index (χ1v) is 6.39. The molecule has 0 spiro atoms. The summed E-state index contributed by atoms with van der Waals surface area (Å²) in [6, 6.07) is 1.95. The fourth-order valence-corrected chi connectivity index (χ4v) is 2.58. The first-order valence-electron chi connectivity index (χ1n) is 5.51. The lowest BCUT2D eigenvalue weighted by molar-refractivity contribution is -0.0207. The van der Waals surface area contributed by atoms with Gasteiger partial charge in [0.25, 0.3) is 0 Å². The molecular weight excluding hydrogens is 208 g/mol. The van der Waals surface area contributed by atoms with Gasteiger partial charge in [-0.2, -0.15) is 0 Å². The Balaban J connectivity index is 2.71. The highest BCUT2D eigenvalue weighted by molar-refractivity contribution is 7.10. The van der Waals surface area contributed by atoms with E-state index >= 15 is 0 Å². The lowest BCUT2D eigenvalue weighted by Gasteiger charge is -2.24. The van der Waals surface area contributed by atoms with Crippen LogP contribution in [0.5, 0.6) is 0 Å². The Morgan fingerprint density at radius 2 is 1.87 bits per heavy atom. The van der Waals surface area contributed by atoms with E-state index in [1.54, 1.807) is 11.3 Å². The molecule has 0 fully saturated rings. The summed E-state index contributed by atoms with van der Waals surface area (Å²) in [5, 5.41) is 21.9. The molecule has 0 amide bonds. The van der Waals surface area contributed by atoms with Gasteiger partial charge in [0.05, 0.1) is 6.10 Å². The molecule has 2 nitrogen and oxygen atoms in total. The molecule has 2 unspecified atom stereocenters. The van der Waals surface area contributed by atoms with E-state index in [4.69, 9.17) is 0 Å². The van der Waals surface area contributed by atoms with Gasteiger partial charge in [0, 0.05) is 4.88 Å². The van der Waals surface area contributed by atoms with Crippen LogP contribution >= 0.6 is 11.3 Å². The molecule has 0 bridgehead atoms. The van der Waals surface area contributed by atoms with E-state index in [1.165, 1.54) is 4.88 Å². The Morgan fingerprint density at radius 3 is 2.27 bits per heavy atom. The highest BCUT2D eigenvalue weighted by Crippen LogP contribution is 2.28. The third-order valence-corrected chi connectivity index (χ3v) is 3.83. The topological polar surface area (TPSA) is 40.5 Å². The fraction of sp³-hybridized carbons (Fsp3) is 0.667. The summed E-state index contributed by atoms with van der Waals surface area (Å²) < 4.78 is 0. The minimum absolute atomic E-state index is 0.181. The summed E-state index contributed by atoms with van der Waals surface area (Å²) in [5.41, 5.74) is 0.844. The van der Waals surface area contributed by atoms with Crippen molar-refractivity contribution in [3.63, 3.8) is 0 Å². The zero-order valence-electron chi connectivity index (χ0n) is 9.60. The van der Waals surface area contributed by atoms with E-state index in [0.29, 0.717) is 0 Å². The number of aryl methyl sites for hydroxylation is 1. The summed E-state index contributed by atoms with van der Waals surface area (Å²) in [7, 11) is 0. The van der Waals surface area contributed by atoms with Gasteiger partial charge in [-0.05, 0) is 29.9 Å². The number of hydrogen-bond acceptors (Lipinski definition) is 3. The van der Waals surface area contributed by atoms with Crippen molar-refractivity contribution >= 4 is 11.3 Å². The molecule has 1 heterocycles.